The second kappa shape index (κ2) is 7.64. The van der Waals surface area contributed by atoms with Gasteiger partial charge in [0.15, 0.2) is 0 Å². The summed E-state index contributed by atoms with van der Waals surface area (Å²) in [5.74, 6) is 0. The van der Waals surface area contributed by atoms with Gasteiger partial charge in [-0.05, 0) is 55.6 Å². The predicted octanol–water partition coefficient (Wildman–Crippen LogP) is 4.18. The number of aromatic nitrogens is 3. The molecule has 0 bridgehead atoms. The molecule has 124 valence electrons. The van der Waals surface area contributed by atoms with E-state index in [1.807, 2.05) is 0 Å². The van der Waals surface area contributed by atoms with E-state index in [-0.39, 0.29) is 0 Å². The molecule has 3 aromatic rings. The van der Waals surface area contributed by atoms with Crippen molar-refractivity contribution in [3.05, 3.63) is 72.3 Å². The molecule has 1 aromatic heterocycles. The van der Waals surface area contributed by atoms with E-state index in [1.165, 1.54) is 16.0 Å². The summed E-state index contributed by atoms with van der Waals surface area (Å²) in [5.41, 5.74) is 3.65. The summed E-state index contributed by atoms with van der Waals surface area (Å²) in [4.78, 5) is 7.65. The molecular formula is C19H22N4S. The molecule has 5 heteroatoms. The first-order chi connectivity index (χ1) is 11.7. The summed E-state index contributed by atoms with van der Waals surface area (Å²) in [7, 11) is 2.17. The van der Waals surface area contributed by atoms with Crippen LogP contribution in [-0.2, 0) is 6.54 Å². The molecule has 0 aliphatic carbocycles. The van der Waals surface area contributed by atoms with E-state index in [4.69, 9.17) is 0 Å². The molecular weight excluding hydrogens is 316 g/mol. The van der Waals surface area contributed by atoms with Crippen molar-refractivity contribution in [2.75, 3.05) is 13.3 Å². The third-order valence-corrected chi connectivity index (χ3v) is 5.05. The maximum absolute atomic E-state index is 4.16. The van der Waals surface area contributed by atoms with E-state index in [2.05, 4.69) is 83.7 Å². The Kier molecular flexibility index (Phi) is 5.33. The second-order valence-electron chi connectivity index (χ2n) is 5.87. The lowest BCUT2D eigenvalue weighted by Gasteiger charge is -2.25. The van der Waals surface area contributed by atoms with Gasteiger partial charge in [0, 0.05) is 17.5 Å². The lowest BCUT2D eigenvalue weighted by Crippen LogP contribution is -2.21. The number of thioether (sulfide) groups is 1. The van der Waals surface area contributed by atoms with Crippen molar-refractivity contribution in [2.24, 2.45) is 0 Å². The van der Waals surface area contributed by atoms with Crippen LogP contribution in [0.4, 0.5) is 0 Å². The minimum atomic E-state index is 0.343. The largest absolute Gasteiger partial charge is 0.295 e. The second-order valence-corrected chi connectivity index (χ2v) is 6.75. The van der Waals surface area contributed by atoms with Crippen LogP contribution in [0.5, 0.6) is 0 Å². The number of benzene rings is 2. The maximum atomic E-state index is 4.16. The quantitative estimate of drug-likeness (QED) is 0.631. The van der Waals surface area contributed by atoms with Crippen molar-refractivity contribution in [1.29, 1.82) is 0 Å². The number of hydrogen-bond acceptors (Lipinski definition) is 4. The first kappa shape index (κ1) is 16.7. The highest BCUT2D eigenvalue weighted by molar-refractivity contribution is 7.98. The van der Waals surface area contributed by atoms with Crippen LogP contribution >= 0.6 is 11.8 Å². The zero-order valence-electron chi connectivity index (χ0n) is 14.3. The normalized spacial score (nSPS) is 12.5. The highest BCUT2D eigenvalue weighted by atomic mass is 32.2. The van der Waals surface area contributed by atoms with Crippen LogP contribution in [0.15, 0.2) is 66.1 Å². The molecule has 2 aromatic carbocycles. The Morgan fingerprint density at radius 2 is 1.79 bits per heavy atom. The van der Waals surface area contributed by atoms with Gasteiger partial charge in [-0.3, -0.25) is 4.90 Å². The van der Waals surface area contributed by atoms with Crippen molar-refractivity contribution >= 4 is 11.8 Å². The molecule has 1 heterocycles. The number of hydrogen-bond donors (Lipinski definition) is 0. The Hall–Kier alpha value is -2.11. The van der Waals surface area contributed by atoms with Gasteiger partial charge in [-0.15, -0.1) is 11.8 Å². The average Bonchev–Trinajstić information content (AvgIpc) is 3.16. The zero-order chi connectivity index (χ0) is 16.9. The van der Waals surface area contributed by atoms with Crippen LogP contribution < -0.4 is 0 Å². The van der Waals surface area contributed by atoms with Crippen molar-refractivity contribution in [1.82, 2.24) is 19.7 Å². The smallest absolute Gasteiger partial charge is 0.138 e. The number of rotatable bonds is 6. The molecule has 0 N–H and O–H groups in total. The summed E-state index contributed by atoms with van der Waals surface area (Å²) in [6.45, 7) is 3.17. The van der Waals surface area contributed by atoms with Gasteiger partial charge in [-0.2, -0.15) is 5.10 Å². The summed E-state index contributed by atoms with van der Waals surface area (Å²) in [6.07, 6.45) is 5.36. The summed E-state index contributed by atoms with van der Waals surface area (Å²) in [6, 6.07) is 17.6. The fraction of sp³-hybridized carbons (Fsp3) is 0.263. The minimum Gasteiger partial charge on any atom is -0.295 e. The Bertz CT molecular complexity index is 751. The summed E-state index contributed by atoms with van der Waals surface area (Å²) in [5, 5.41) is 4.16. The van der Waals surface area contributed by atoms with Crippen LogP contribution in [0, 0.1) is 0 Å². The molecule has 0 saturated heterocycles. The molecule has 0 fully saturated rings. The van der Waals surface area contributed by atoms with Crippen LogP contribution in [0.25, 0.3) is 5.69 Å². The highest BCUT2D eigenvalue weighted by Gasteiger charge is 2.12. The Morgan fingerprint density at radius 1 is 1.08 bits per heavy atom. The fourth-order valence-electron chi connectivity index (χ4n) is 2.66. The predicted molar refractivity (Wildman–Crippen MR) is 99.5 cm³/mol. The van der Waals surface area contributed by atoms with E-state index in [0.29, 0.717) is 6.04 Å². The van der Waals surface area contributed by atoms with Crippen molar-refractivity contribution in [2.45, 2.75) is 24.4 Å². The molecule has 1 atom stereocenters. The van der Waals surface area contributed by atoms with Gasteiger partial charge in [-0.25, -0.2) is 9.67 Å². The molecule has 4 nitrogen and oxygen atoms in total. The maximum Gasteiger partial charge on any atom is 0.138 e. The van der Waals surface area contributed by atoms with Crippen LogP contribution in [0.2, 0.25) is 0 Å². The lowest BCUT2D eigenvalue weighted by atomic mass is 10.1. The first-order valence-electron chi connectivity index (χ1n) is 7.95. The van der Waals surface area contributed by atoms with Crippen LogP contribution in [-0.4, -0.2) is 33.0 Å². The summed E-state index contributed by atoms with van der Waals surface area (Å²) < 4.78 is 1.77. The van der Waals surface area contributed by atoms with Crippen molar-refractivity contribution < 1.29 is 0 Å². The van der Waals surface area contributed by atoms with E-state index < -0.39 is 0 Å². The van der Waals surface area contributed by atoms with E-state index >= 15 is 0 Å². The van der Waals surface area contributed by atoms with Crippen LogP contribution in [0.1, 0.15) is 24.1 Å². The van der Waals surface area contributed by atoms with Gasteiger partial charge >= 0.3 is 0 Å². The Morgan fingerprint density at radius 3 is 2.38 bits per heavy atom. The standard InChI is InChI=1S/C19H22N4S/c1-15(22(2)12-16-4-10-19(24-3)11-5-16)17-6-8-18(9-7-17)23-14-20-13-21-23/h4-11,13-15H,12H2,1-3H3. The van der Waals surface area contributed by atoms with E-state index in [1.54, 1.807) is 29.1 Å². The summed E-state index contributed by atoms with van der Waals surface area (Å²) >= 11 is 1.77. The van der Waals surface area contributed by atoms with Gasteiger partial charge in [0.2, 0.25) is 0 Å². The lowest BCUT2D eigenvalue weighted by molar-refractivity contribution is 0.253. The minimum absolute atomic E-state index is 0.343. The van der Waals surface area contributed by atoms with Gasteiger partial charge in [-0.1, -0.05) is 24.3 Å². The van der Waals surface area contributed by atoms with Gasteiger partial charge in [0.25, 0.3) is 0 Å². The fourth-order valence-corrected chi connectivity index (χ4v) is 3.07. The van der Waals surface area contributed by atoms with Crippen molar-refractivity contribution in [3.63, 3.8) is 0 Å². The number of nitrogens with zero attached hydrogens (tertiary/aromatic N) is 4. The molecule has 0 spiro atoms. The SMILES string of the molecule is CSc1ccc(CN(C)C(C)c2ccc(-n3cncn3)cc2)cc1. The monoisotopic (exact) mass is 338 g/mol. The van der Waals surface area contributed by atoms with Gasteiger partial charge in [0.05, 0.1) is 5.69 Å². The first-order valence-corrected chi connectivity index (χ1v) is 9.18. The van der Waals surface area contributed by atoms with Gasteiger partial charge < -0.3 is 0 Å². The van der Waals surface area contributed by atoms with E-state index in [9.17, 15) is 0 Å². The van der Waals surface area contributed by atoms with Crippen LogP contribution in [0.3, 0.4) is 0 Å². The molecule has 0 radical (unpaired) electrons. The highest BCUT2D eigenvalue weighted by Crippen LogP contribution is 2.23. The molecule has 0 amide bonds. The zero-order valence-corrected chi connectivity index (χ0v) is 15.1. The molecule has 24 heavy (non-hydrogen) atoms. The topological polar surface area (TPSA) is 34.0 Å². The molecule has 3 rings (SSSR count). The van der Waals surface area contributed by atoms with Crippen molar-refractivity contribution in [3.8, 4) is 5.69 Å². The molecule has 0 saturated carbocycles. The third-order valence-electron chi connectivity index (χ3n) is 4.31. The Labute approximate surface area is 147 Å². The Balaban J connectivity index is 1.67. The third kappa shape index (κ3) is 3.86. The molecule has 1 unspecified atom stereocenters. The average molecular weight is 338 g/mol. The van der Waals surface area contributed by atoms with E-state index in [0.717, 1.165) is 12.2 Å². The molecule has 0 aliphatic heterocycles. The van der Waals surface area contributed by atoms with Gasteiger partial charge in [0.1, 0.15) is 12.7 Å². The molecule has 0 aliphatic rings.